The Morgan fingerprint density at radius 2 is 2.05 bits per heavy atom. The van der Waals surface area contributed by atoms with Gasteiger partial charge in [0.1, 0.15) is 12.6 Å². The molecule has 0 saturated heterocycles. The number of alkyl halides is 3. The number of aromatic nitrogens is 1. The lowest BCUT2D eigenvalue weighted by Gasteiger charge is -2.12. The number of anilines is 1. The number of rotatable bonds is 2. The lowest BCUT2D eigenvalue weighted by atomic mass is 10.1. The zero-order chi connectivity index (χ0) is 14.2. The molecule has 1 aromatic heterocycles. The Morgan fingerprint density at radius 3 is 2.58 bits per heavy atom. The Balaban J connectivity index is 2.70. The second kappa shape index (κ2) is 4.48. The van der Waals surface area contributed by atoms with Crippen LogP contribution in [0.15, 0.2) is 18.2 Å². The summed E-state index contributed by atoms with van der Waals surface area (Å²) in [6, 6.07) is 6.00. The van der Waals surface area contributed by atoms with Gasteiger partial charge in [-0.25, -0.2) is 0 Å². The highest BCUT2D eigenvalue weighted by Crippen LogP contribution is 2.30. The van der Waals surface area contributed by atoms with E-state index in [9.17, 15) is 13.2 Å². The average molecular weight is 269 g/mol. The van der Waals surface area contributed by atoms with E-state index >= 15 is 0 Å². The number of fused-ring (bicyclic) bond motifs is 1. The molecule has 0 spiro atoms. The van der Waals surface area contributed by atoms with Crippen molar-refractivity contribution in [2.24, 2.45) is 0 Å². The summed E-state index contributed by atoms with van der Waals surface area (Å²) in [7, 11) is 0. The van der Waals surface area contributed by atoms with Crippen LogP contribution in [0, 0.1) is 11.3 Å². The highest BCUT2D eigenvalue weighted by Gasteiger charge is 2.30. The molecule has 7 heteroatoms. The van der Waals surface area contributed by atoms with Crippen molar-refractivity contribution in [3.8, 4) is 6.07 Å². The summed E-state index contributed by atoms with van der Waals surface area (Å²) < 4.78 is 38.5. The molecule has 0 aliphatic heterocycles. The van der Waals surface area contributed by atoms with Gasteiger partial charge in [0.25, 0.3) is 0 Å². The number of aliphatic hydroxyl groups is 1. The van der Waals surface area contributed by atoms with E-state index in [0.717, 1.165) is 4.57 Å². The monoisotopic (exact) mass is 269 g/mol. The largest absolute Gasteiger partial charge is 0.406 e. The third kappa shape index (κ3) is 2.35. The lowest BCUT2D eigenvalue weighted by Crippen LogP contribution is -2.19. The summed E-state index contributed by atoms with van der Waals surface area (Å²) in [5, 5.41) is 18.3. The molecule has 0 bridgehead atoms. The molecule has 2 aromatic rings. The quantitative estimate of drug-likeness (QED) is 0.820. The fourth-order valence-electron chi connectivity index (χ4n) is 2.01. The first-order chi connectivity index (χ1) is 8.87. The average Bonchev–Trinajstić information content (AvgIpc) is 2.67. The van der Waals surface area contributed by atoms with Crippen molar-refractivity contribution in [2.75, 3.05) is 5.73 Å². The van der Waals surface area contributed by atoms with Gasteiger partial charge >= 0.3 is 6.18 Å². The SMILES string of the molecule is N#Cc1ccc2c(cc(CO)n2CC(F)(F)F)c1N. The summed E-state index contributed by atoms with van der Waals surface area (Å²) in [4.78, 5) is 0. The molecule has 0 unspecified atom stereocenters. The Bertz CT molecular complexity index is 667. The first-order valence-corrected chi connectivity index (χ1v) is 5.35. The number of aliphatic hydroxyl groups excluding tert-OH is 1. The van der Waals surface area contributed by atoms with Crippen molar-refractivity contribution < 1.29 is 18.3 Å². The van der Waals surface area contributed by atoms with E-state index in [-0.39, 0.29) is 22.5 Å². The summed E-state index contributed by atoms with van der Waals surface area (Å²) >= 11 is 0. The van der Waals surface area contributed by atoms with E-state index in [0.29, 0.717) is 5.39 Å². The van der Waals surface area contributed by atoms with Gasteiger partial charge in [-0.15, -0.1) is 0 Å². The number of hydrogen-bond donors (Lipinski definition) is 2. The van der Waals surface area contributed by atoms with Crippen molar-refractivity contribution in [3.05, 3.63) is 29.5 Å². The number of nitrogens with two attached hydrogens (primary N) is 1. The number of nitrogen functional groups attached to an aromatic ring is 1. The molecular weight excluding hydrogens is 259 g/mol. The Morgan fingerprint density at radius 1 is 1.37 bits per heavy atom. The fourth-order valence-corrected chi connectivity index (χ4v) is 2.01. The highest BCUT2D eigenvalue weighted by molar-refractivity contribution is 5.95. The van der Waals surface area contributed by atoms with Gasteiger partial charge in [-0.05, 0) is 18.2 Å². The van der Waals surface area contributed by atoms with Gasteiger partial charge in [0, 0.05) is 11.1 Å². The fraction of sp³-hybridized carbons (Fsp3) is 0.250. The van der Waals surface area contributed by atoms with E-state index in [1.54, 1.807) is 0 Å². The molecule has 0 aliphatic rings. The standard InChI is InChI=1S/C12H10F3N3O/c13-12(14,15)6-18-8(5-19)3-9-10(18)2-1-7(4-16)11(9)17/h1-3,19H,5-6,17H2. The number of hydrogen-bond acceptors (Lipinski definition) is 3. The predicted octanol–water partition coefficient (Wildman–Crippen LogP) is 2.15. The third-order valence-corrected chi connectivity index (χ3v) is 2.83. The topological polar surface area (TPSA) is 75.0 Å². The minimum absolute atomic E-state index is 0.106. The maximum atomic E-state index is 12.5. The van der Waals surface area contributed by atoms with Crippen LogP contribution < -0.4 is 5.73 Å². The van der Waals surface area contributed by atoms with Crippen molar-refractivity contribution in [3.63, 3.8) is 0 Å². The Kier molecular flexibility index (Phi) is 3.12. The summed E-state index contributed by atoms with van der Waals surface area (Å²) in [5.74, 6) is 0. The number of nitrogens with zero attached hydrogens (tertiary/aromatic N) is 2. The molecular formula is C12H10F3N3O. The van der Waals surface area contributed by atoms with Crippen LogP contribution in [0.1, 0.15) is 11.3 Å². The van der Waals surface area contributed by atoms with Gasteiger partial charge in [0.05, 0.1) is 23.4 Å². The third-order valence-electron chi connectivity index (χ3n) is 2.83. The molecule has 0 atom stereocenters. The van der Waals surface area contributed by atoms with Crippen LogP contribution in [0.3, 0.4) is 0 Å². The smallest absolute Gasteiger partial charge is 0.397 e. The van der Waals surface area contributed by atoms with E-state index in [4.69, 9.17) is 16.1 Å². The van der Waals surface area contributed by atoms with Gasteiger partial charge in [-0.2, -0.15) is 18.4 Å². The first kappa shape index (κ1) is 13.2. The van der Waals surface area contributed by atoms with Gasteiger partial charge < -0.3 is 15.4 Å². The molecule has 1 aromatic carbocycles. The minimum Gasteiger partial charge on any atom is -0.397 e. The summed E-state index contributed by atoms with van der Waals surface area (Å²) in [5.41, 5.74) is 6.40. The van der Waals surface area contributed by atoms with Gasteiger partial charge in [0.15, 0.2) is 0 Å². The number of nitriles is 1. The van der Waals surface area contributed by atoms with E-state index in [1.165, 1.54) is 18.2 Å². The maximum Gasteiger partial charge on any atom is 0.406 e. The van der Waals surface area contributed by atoms with Crippen LogP contribution >= 0.6 is 0 Å². The molecule has 0 radical (unpaired) electrons. The first-order valence-electron chi connectivity index (χ1n) is 5.35. The molecule has 0 aliphatic carbocycles. The second-order valence-electron chi connectivity index (χ2n) is 4.07. The lowest BCUT2D eigenvalue weighted by molar-refractivity contribution is -0.140. The van der Waals surface area contributed by atoms with Crippen molar-refractivity contribution in [1.29, 1.82) is 5.26 Å². The van der Waals surface area contributed by atoms with Crippen molar-refractivity contribution in [2.45, 2.75) is 19.3 Å². The molecule has 3 N–H and O–H groups in total. The van der Waals surface area contributed by atoms with Crippen molar-refractivity contribution >= 4 is 16.6 Å². The van der Waals surface area contributed by atoms with Gasteiger partial charge in [-0.1, -0.05) is 0 Å². The molecule has 4 nitrogen and oxygen atoms in total. The highest BCUT2D eigenvalue weighted by atomic mass is 19.4. The summed E-state index contributed by atoms with van der Waals surface area (Å²) in [6.45, 7) is -1.75. The van der Waals surface area contributed by atoms with Crippen LogP contribution in [0.2, 0.25) is 0 Å². The zero-order valence-electron chi connectivity index (χ0n) is 9.70. The molecule has 0 amide bonds. The Labute approximate surface area is 106 Å². The second-order valence-corrected chi connectivity index (χ2v) is 4.07. The van der Waals surface area contributed by atoms with Gasteiger partial charge in [-0.3, -0.25) is 0 Å². The normalized spacial score (nSPS) is 11.7. The van der Waals surface area contributed by atoms with E-state index in [1.807, 2.05) is 6.07 Å². The molecule has 2 rings (SSSR count). The van der Waals surface area contributed by atoms with Gasteiger partial charge in [0.2, 0.25) is 0 Å². The maximum absolute atomic E-state index is 12.5. The molecule has 19 heavy (non-hydrogen) atoms. The van der Waals surface area contributed by atoms with E-state index in [2.05, 4.69) is 0 Å². The molecule has 100 valence electrons. The van der Waals surface area contributed by atoms with Crippen LogP contribution in [-0.4, -0.2) is 15.8 Å². The number of benzene rings is 1. The van der Waals surface area contributed by atoms with Crippen LogP contribution in [0.4, 0.5) is 18.9 Å². The van der Waals surface area contributed by atoms with Crippen LogP contribution in [0.5, 0.6) is 0 Å². The van der Waals surface area contributed by atoms with Crippen LogP contribution in [-0.2, 0) is 13.2 Å². The zero-order valence-corrected chi connectivity index (χ0v) is 9.70. The van der Waals surface area contributed by atoms with E-state index < -0.39 is 19.3 Å². The molecule has 1 heterocycles. The predicted molar refractivity (Wildman–Crippen MR) is 63.0 cm³/mol. The van der Waals surface area contributed by atoms with Crippen LogP contribution in [0.25, 0.3) is 10.9 Å². The minimum atomic E-state index is -4.40. The summed E-state index contributed by atoms with van der Waals surface area (Å²) in [6.07, 6.45) is -4.40. The number of halogens is 3. The molecule has 0 saturated carbocycles. The van der Waals surface area contributed by atoms with Crippen molar-refractivity contribution in [1.82, 2.24) is 4.57 Å². The molecule has 0 fully saturated rings. The Hall–Kier alpha value is -2.20.